The van der Waals surface area contributed by atoms with Crippen molar-refractivity contribution in [2.45, 2.75) is 19.4 Å². The van der Waals surface area contributed by atoms with E-state index >= 15 is 0 Å². The van der Waals surface area contributed by atoms with Gasteiger partial charge in [0.05, 0.1) is 6.42 Å². The standard InChI is InChI=1S/C20H19ClN2O/c1-22-18-5-3-2-4-16(18)17-13-23(11-10-19(17)22)20(24)12-14-6-8-15(21)9-7-14/h2-9H,10-13H2,1H3. The second-order valence-corrected chi connectivity index (χ2v) is 6.81. The van der Waals surface area contributed by atoms with Crippen LogP contribution in [0.5, 0.6) is 0 Å². The van der Waals surface area contributed by atoms with Crippen LogP contribution >= 0.6 is 11.6 Å². The van der Waals surface area contributed by atoms with Gasteiger partial charge in [0.1, 0.15) is 0 Å². The number of hydrogen-bond donors (Lipinski definition) is 0. The summed E-state index contributed by atoms with van der Waals surface area (Å²) in [7, 11) is 2.12. The molecule has 0 aliphatic carbocycles. The van der Waals surface area contributed by atoms with E-state index in [2.05, 4.69) is 35.9 Å². The maximum Gasteiger partial charge on any atom is 0.227 e. The molecule has 4 heteroatoms. The topological polar surface area (TPSA) is 25.2 Å². The number of halogens is 1. The molecule has 0 N–H and O–H groups in total. The number of fused-ring (bicyclic) bond motifs is 3. The third-order valence-corrected chi connectivity index (χ3v) is 5.18. The number of aryl methyl sites for hydroxylation is 1. The van der Waals surface area contributed by atoms with Gasteiger partial charge in [-0.2, -0.15) is 0 Å². The summed E-state index contributed by atoms with van der Waals surface area (Å²) < 4.78 is 2.27. The number of benzene rings is 2. The number of para-hydroxylation sites is 1. The first-order valence-electron chi connectivity index (χ1n) is 8.21. The lowest BCUT2D eigenvalue weighted by atomic mass is 10.0. The summed E-state index contributed by atoms with van der Waals surface area (Å²) in [6, 6.07) is 16.0. The minimum atomic E-state index is 0.177. The minimum Gasteiger partial charge on any atom is -0.347 e. The first kappa shape index (κ1) is 15.3. The predicted molar refractivity (Wildman–Crippen MR) is 97.2 cm³/mol. The quantitative estimate of drug-likeness (QED) is 0.694. The molecule has 1 aliphatic rings. The predicted octanol–water partition coefficient (Wildman–Crippen LogP) is 3.96. The van der Waals surface area contributed by atoms with Crippen molar-refractivity contribution in [3.8, 4) is 0 Å². The highest BCUT2D eigenvalue weighted by Gasteiger charge is 2.25. The number of hydrogen-bond acceptors (Lipinski definition) is 1. The number of aromatic nitrogens is 1. The molecule has 0 atom stereocenters. The first-order chi connectivity index (χ1) is 11.6. The fourth-order valence-electron chi connectivity index (χ4n) is 3.63. The lowest BCUT2D eigenvalue weighted by Crippen LogP contribution is -2.37. The molecule has 0 bridgehead atoms. The average molecular weight is 339 g/mol. The second-order valence-electron chi connectivity index (χ2n) is 6.37. The van der Waals surface area contributed by atoms with Crippen molar-refractivity contribution < 1.29 is 4.79 Å². The maximum absolute atomic E-state index is 12.7. The van der Waals surface area contributed by atoms with Gasteiger partial charge >= 0.3 is 0 Å². The van der Waals surface area contributed by atoms with E-state index in [4.69, 9.17) is 11.6 Å². The summed E-state index contributed by atoms with van der Waals surface area (Å²) in [5.74, 6) is 0.177. The van der Waals surface area contributed by atoms with Gasteiger partial charge in [0.2, 0.25) is 5.91 Å². The normalized spacial score (nSPS) is 14.0. The molecule has 2 aromatic carbocycles. The highest BCUT2D eigenvalue weighted by atomic mass is 35.5. The zero-order chi connectivity index (χ0) is 16.7. The molecule has 122 valence electrons. The Morgan fingerprint density at radius 3 is 2.67 bits per heavy atom. The molecule has 1 amide bonds. The van der Waals surface area contributed by atoms with Crippen LogP contribution in [0.1, 0.15) is 16.8 Å². The van der Waals surface area contributed by atoms with Crippen LogP contribution in [0.25, 0.3) is 10.9 Å². The van der Waals surface area contributed by atoms with Gasteiger partial charge in [0.15, 0.2) is 0 Å². The Balaban J connectivity index is 1.58. The third-order valence-electron chi connectivity index (χ3n) is 4.93. The largest absolute Gasteiger partial charge is 0.347 e. The van der Waals surface area contributed by atoms with E-state index in [-0.39, 0.29) is 5.91 Å². The molecule has 3 aromatic rings. The smallest absolute Gasteiger partial charge is 0.227 e. The summed E-state index contributed by atoms with van der Waals surface area (Å²) >= 11 is 5.91. The molecule has 1 aromatic heterocycles. The van der Waals surface area contributed by atoms with Gasteiger partial charge in [-0.05, 0) is 23.8 Å². The molecule has 0 spiro atoms. The van der Waals surface area contributed by atoms with E-state index in [1.165, 1.54) is 22.2 Å². The average Bonchev–Trinajstić information content (AvgIpc) is 2.90. The minimum absolute atomic E-state index is 0.177. The van der Waals surface area contributed by atoms with Crippen molar-refractivity contribution >= 4 is 28.4 Å². The maximum atomic E-state index is 12.7. The van der Waals surface area contributed by atoms with Gasteiger partial charge < -0.3 is 9.47 Å². The highest BCUT2D eigenvalue weighted by molar-refractivity contribution is 6.30. The Kier molecular flexibility index (Phi) is 3.81. The summed E-state index contributed by atoms with van der Waals surface area (Å²) in [6.45, 7) is 1.48. The SMILES string of the molecule is Cn1c2c(c3ccccc31)CN(C(=O)Cc1ccc(Cl)cc1)CC2. The highest BCUT2D eigenvalue weighted by Crippen LogP contribution is 2.30. The van der Waals surface area contributed by atoms with E-state index in [0.29, 0.717) is 18.0 Å². The summed E-state index contributed by atoms with van der Waals surface area (Å²) in [4.78, 5) is 14.7. The van der Waals surface area contributed by atoms with Gasteiger partial charge in [-0.3, -0.25) is 4.79 Å². The van der Waals surface area contributed by atoms with Crippen LogP contribution in [0, 0.1) is 0 Å². The van der Waals surface area contributed by atoms with Gasteiger partial charge in [-0.15, -0.1) is 0 Å². The molecular formula is C20H19ClN2O. The number of carbonyl (C=O) groups excluding carboxylic acids is 1. The molecule has 24 heavy (non-hydrogen) atoms. The van der Waals surface area contributed by atoms with Crippen LogP contribution in [0.4, 0.5) is 0 Å². The molecule has 4 rings (SSSR count). The van der Waals surface area contributed by atoms with Crippen molar-refractivity contribution in [2.24, 2.45) is 7.05 Å². The Hall–Kier alpha value is -2.26. The monoisotopic (exact) mass is 338 g/mol. The Labute approximate surface area is 146 Å². The van der Waals surface area contributed by atoms with Crippen molar-refractivity contribution in [1.82, 2.24) is 9.47 Å². The fraction of sp³-hybridized carbons (Fsp3) is 0.250. The van der Waals surface area contributed by atoms with E-state index in [1.807, 2.05) is 29.2 Å². The lowest BCUT2D eigenvalue weighted by molar-refractivity contribution is -0.131. The Bertz CT molecular complexity index is 911. The van der Waals surface area contributed by atoms with Crippen molar-refractivity contribution in [1.29, 1.82) is 0 Å². The van der Waals surface area contributed by atoms with Crippen molar-refractivity contribution in [2.75, 3.05) is 6.54 Å². The van der Waals surface area contributed by atoms with Gasteiger partial charge in [0.25, 0.3) is 0 Å². The van der Waals surface area contributed by atoms with E-state index < -0.39 is 0 Å². The fourth-order valence-corrected chi connectivity index (χ4v) is 3.76. The number of rotatable bonds is 2. The molecule has 0 radical (unpaired) electrons. The number of amides is 1. The molecule has 0 saturated carbocycles. The molecule has 2 heterocycles. The molecule has 0 fully saturated rings. The van der Waals surface area contributed by atoms with Crippen LogP contribution in [0.2, 0.25) is 5.02 Å². The van der Waals surface area contributed by atoms with Crippen LogP contribution in [0.15, 0.2) is 48.5 Å². The van der Waals surface area contributed by atoms with Crippen LogP contribution in [0.3, 0.4) is 0 Å². The Morgan fingerprint density at radius 2 is 1.88 bits per heavy atom. The summed E-state index contributed by atoms with van der Waals surface area (Å²) in [6.07, 6.45) is 1.34. The molecular weight excluding hydrogens is 320 g/mol. The lowest BCUT2D eigenvalue weighted by Gasteiger charge is -2.28. The van der Waals surface area contributed by atoms with Crippen molar-refractivity contribution in [3.05, 3.63) is 70.4 Å². The van der Waals surface area contributed by atoms with Gasteiger partial charge in [-0.1, -0.05) is 41.9 Å². The van der Waals surface area contributed by atoms with E-state index in [1.54, 1.807) is 0 Å². The van der Waals surface area contributed by atoms with E-state index in [9.17, 15) is 4.79 Å². The van der Waals surface area contributed by atoms with Gasteiger partial charge in [-0.25, -0.2) is 0 Å². The van der Waals surface area contributed by atoms with Crippen molar-refractivity contribution in [3.63, 3.8) is 0 Å². The summed E-state index contributed by atoms with van der Waals surface area (Å²) in [5.41, 5.74) is 4.90. The first-order valence-corrected chi connectivity index (χ1v) is 8.58. The molecule has 1 aliphatic heterocycles. The van der Waals surface area contributed by atoms with Crippen LogP contribution in [-0.2, 0) is 31.2 Å². The molecule has 0 unspecified atom stereocenters. The zero-order valence-electron chi connectivity index (χ0n) is 13.6. The van der Waals surface area contributed by atoms with Gasteiger partial charge in [0, 0.05) is 53.7 Å². The number of carbonyl (C=O) groups is 1. The van der Waals surface area contributed by atoms with Crippen LogP contribution < -0.4 is 0 Å². The second kappa shape index (κ2) is 5.99. The van der Waals surface area contributed by atoms with E-state index in [0.717, 1.165) is 18.5 Å². The molecule has 0 saturated heterocycles. The number of nitrogens with zero attached hydrogens (tertiary/aromatic N) is 2. The van der Waals surface area contributed by atoms with Crippen LogP contribution in [-0.4, -0.2) is 21.9 Å². The summed E-state index contributed by atoms with van der Waals surface area (Å²) in [5, 5.41) is 1.96. The third kappa shape index (κ3) is 2.59. The zero-order valence-corrected chi connectivity index (χ0v) is 14.4. The molecule has 3 nitrogen and oxygen atoms in total. The Morgan fingerprint density at radius 1 is 1.12 bits per heavy atom.